The summed E-state index contributed by atoms with van der Waals surface area (Å²) >= 11 is 0. The first kappa shape index (κ1) is 23.0. The quantitative estimate of drug-likeness (QED) is 0.289. The monoisotopic (exact) mass is 472 g/mol. The summed E-state index contributed by atoms with van der Waals surface area (Å²) in [4.78, 5) is 54.0. The van der Waals surface area contributed by atoms with Gasteiger partial charge < -0.3 is 9.64 Å². The fourth-order valence-corrected chi connectivity index (χ4v) is 5.38. The van der Waals surface area contributed by atoms with Crippen molar-refractivity contribution in [1.29, 1.82) is 0 Å². The maximum Gasteiger partial charge on any atom is 0.316 e. The van der Waals surface area contributed by atoms with E-state index >= 15 is 0 Å². The average molecular weight is 473 g/mol. The number of imide groups is 1. The Kier molecular flexibility index (Phi) is 5.79. The topological polar surface area (TPSA) is 84.0 Å². The molecule has 0 aromatic heterocycles. The van der Waals surface area contributed by atoms with Crippen molar-refractivity contribution in [3.05, 3.63) is 65.2 Å². The van der Waals surface area contributed by atoms with Gasteiger partial charge >= 0.3 is 5.97 Å². The molecule has 2 aliphatic heterocycles. The Morgan fingerprint density at radius 2 is 1.51 bits per heavy atom. The van der Waals surface area contributed by atoms with Crippen molar-refractivity contribution in [3.8, 4) is 5.75 Å². The van der Waals surface area contributed by atoms with Gasteiger partial charge in [0.1, 0.15) is 5.75 Å². The molecule has 7 nitrogen and oxygen atoms in total. The zero-order chi connectivity index (χ0) is 24.9. The van der Waals surface area contributed by atoms with Crippen molar-refractivity contribution in [3.63, 3.8) is 0 Å². The lowest BCUT2D eigenvalue weighted by Crippen LogP contribution is -2.30. The molecule has 7 heteroatoms. The summed E-state index contributed by atoms with van der Waals surface area (Å²) in [6.45, 7) is 6.20. The van der Waals surface area contributed by atoms with Gasteiger partial charge in [-0.25, -0.2) is 0 Å². The van der Waals surface area contributed by atoms with E-state index in [9.17, 15) is 19.2 Å². The minimum absolute atomic E-state index is 0.0942. The van der Waals surface area contributed by atoms with Crippen LogP contribution in [0.2, 0.25) is 0 Å². The van der Waals surface area contributed by atoms with Crippen molar-refractivity contribution in [1.82, 2.24) is 0 Å². The normalized spacial score (nSPS) is 24.0. The Bertz CT molecular complexity index is 1240. The number of carbonyl (C=O) groups is 4. The molecule has 1 aliphatic carbocycles. The average Bonchev–Trinajstić information content (AvgIpc) is 3.31. The molecule has 2 fully saturated rings. The van der Waals surface area contributed by atoms with Crippen LogP contribution < -0.4 is 14.5 Å². The molecule has 2 heterocycles. The molecule has 0 saturated carbocycles. The molecule has 0 N–H and O–H groups in total. The summed E-state index contributed by atoms with van der Waals surface area (Å²) in [7, 11) is 0. The molecular formula is C28H28N2O5. The number of hydrogen-bond donors (Lipinski definition) is 0. The highest BCUT2D eigenvalue weighted by Gasteiger charge is 2.48. The lowest BCUT2D eigenvalue weighted by molar-refractivity contribution is -0.139. The van der Waals surface area contributed by atoms with E-state index in [4.69, 9.17) is 4.74 Å². The number of nitrogens with zero attached hydrogens (tertiary/aromatic N) is 2. The second-order valence-corrected chi connectivity index (χ2v) is 9.88. The molecule has 0 bridgehead atoms. The third-order valence-corrected chi connectivity index (χ3v) is 7.11. The molecule has 0 spiro atoms. The van der Waals surface area contributed by atoms with Gasteiger partial charge in [-0.05, 0) is 81.1 Å². The van der Waals surface area contributed by atoms with Crippen molar-refractivity contribution >= 4 is 35.1 Å². The molecule has 5 rings (SSSR count). The van der Waals surface area contributed by atoms with Gasteiger partial charge in [-0.2, -0.15) is 0 Å². The zero-order valence-electron chi connectivity index (χ0n) is 20.1. The van der Waals surface area contributed by atoms with Crippen LogP contribution in [0.25, 0.3) is 0 Å². The summed E-state index contributed by atoms with van der Waals surface area (Å²) in [5.74, 6) is -1.79. The molecule has 3 amide bonds. The summed E-state index contributed by atoms with van der Waals surface area (Å²) in [6, 6.07) is 12.3. The van der Waals surface area contributed by atoms with E-state index in [-0.39, 0.29) is 42.5 Å². The number of anilines is 2. The predicted octanol–water partition coefficient (Wildman–Crippen LogP) is 4.11. The van der Waals surface area contributed by atoms with Crippen LogP contribution in [0.3, 0.4) is 0 Å². The highest BCUT2D eigenvalue weighted by molar-refractivity contribution is 6.22. The SMILES string of the molecule is CC1=CC[C@H]2C(=O)N(c3ccc(OC(=O)[C@H]4CC(=O)N(c5cc(C)cc(C)c5)C4)cc3)C(=O)[C@H]2C1. The number of benzene rings is 2. The zero-order valence-corrected chi connectivity index (χ0v) is 20.1. The number of fused-ring (bicyclic) bond motifs is 1. The van der Waals surface area contributed by atoms with Gasteiger partial charge in [0.15, 0.2) is 0 Å². The van der Waals surface area contributed by atoms with Crippen LogP contribution in [0.15, 0.2) is 54.1 Å². The molecule has 3 atom stereocenters. The maximum absolute atomic E-state index is 12.9. The summed E-state index contributed by atoms with van der Waals surface area (Å²) in [5.41, 5.74) is 4.51. The van der Waals surface area contributed by atoms with E-state index < -0.39 is 11.9 Å². The van der Waals surface area contributed by atoms with Gasteiger partial charge in [0.2, 0.25) is 17.7 Å². The third-order valence-electron chi connectivity index (χ3n) is 7.11. The Balaban J connectivity index is 1.25. The number of rotatable bonds is 4. The largest absolute Gasteiger partial charge is 0.426 e. The number of carbonyl (C=O) groups excluding carboxylic acids is 4. The van der Waals surface area contributed by atoms with Crippen LogP contribution in [-0.4, -0.2) is 30.2 Å². The molecular weight excluding hydrogens is 444 g/mol. The lowest BCUT2D eigenvalue weighted by Gasteiger charge is -2.18. The molecule has 2 saturated heterocycles. The fraction of sp³-hybridized carbons (Fsp3) is 0.357. The van der Waals surface area contributed by atoms with Crippen LogP contribution in [0.1, 0.15) is 37.3 Å². The molecule has 3 aliphatic rings. The van der Waals surface area contributed by atoms with E-state index in [2.05, 4.69) is 0 Å². The van der Waals surface area contributed by atoms with E-state index in [0.717, 1.165) is 22.4 Å². The second-order valence-electron chi connectivity index (χ2n) is 9.88. The van der Waals surface area contributed by atoms with Crippen LogP contribution in [0, 0.1) is 31.6 Å². The van der Waals surface area contributed by atoms with Crippen molar-refractivity contribution < 1.29 is 23.9 Å². The minimum atomic E-state index is -0.566. The van der Waals surface area contributed by atoms with E-state index in [0.29, 0.717) is 24.3 Å². The number of ether oxygens (including phenoxy) is 1. The first-order chi connectivity index (χ1) is 16.7. The van der Waals surface area contributed by atoms with Gasteiger partial charge in [-0.3, -0.25) is 24.1 Å². The van der Waals surface area contributed by atoms with E-state index in [1.807, 2.05) is 45.0 Å². The van der Waals surface area contributed by atoms with Crippen LogP contribution in [-0.2, 0) is 19.2 Å². The Hall–Kier alpha value is -3.74. The second kappa shape index (κ2) is 8.80. The highest BCUT2D eigenvalue weighted by Crippen LogP contribution is 2.40. The Labute approximate surface area is 204 Å². The number of aryl methyl sites for hydroxylation is 2. The molecule has 0 unspecified atom stereocenters. The molecule has 2 aromatic rings. The molecule has 35 heavy (non-hydrogen) atoms. The highest BCUT2D eigenvalue weighted by atomic mass is 16.5. The maximum atomic E-state index is 12.9. The first-order valence-corrected chi connectivity index (χ1v) is 11.9. The third kappa shape index (κ3) is 4.27. The van der Waals surface area contributed by atoms with Crippen molar-refractivity contribution in [2.45, 2.75) is 40.0 Å². The van der Waals surface area contributed by atoms with Crippen molar-refractivity contribution in [2.24, 2.45) is 17.8 Å². The van der Waals surface area contributed by atoms with E-state index in [1.54, 1.807) is 29.2 Å². The predicted molar refractivity (Wildman–Crippen MR) is 131 cm³/mol. The summed E-state index contributed by atoms with van der Waals surface area (Å²) < 4.78 is 5.54. The Morgan fingerprint density at radius 3 is 2.20 bits per heavy atom. The standard InChI is InChI=1S/C28H28N2O5/c1-16-4-9-23-24(13-16)27(33)30(26(23)32)20-5-7-22(8-6-20)35-28(34)19-14-25(31)29(15-19)21-11-17(2)10-18(3)12-21/h4-8,10-12,19,23-24H,9,13-15H2,1-3H3/t19-,23+,24-/m0/s1. The van der Waals surface area contributed by atoms with Crippen molar-refractivity contribution in [2.75, 3.05) is 16.3 Å². The number of esters is 1. The van der Waals surface area contributed by atoms with Crippen LogP contribution >= 0.6 is 0 Å². The van der Waals surface area contributed by atoms with Gasteiger partial charge in [0.05, 0.1) is 23.4 Å². The van der Waals surface area contributed by atoms with Crippen LogP contribution in [0.5, 0.6) is 5.75 Å². The fourth-order valence-electron chi connectivity index (χ4n) is 5.38. The number of allylic oxidation sites excluding steroid dienone is 2. The lowest BCUT2D eigenvalue weighted by atomic mass is 9.82. The molecule has 180 valence electrons. The molecule has 0 radical (unpaired) electrons. The summed E-state index contributed by atoms with van der Waals surface area (Å²) in [6.07, 6.45) is 3.33. The van der Waals surface area contributed by atoms with Gasteiger partial charge in [-0.15, -0.1) is 0 Å². The van der Waals surface area contributed by atoms with Gasteiger partial charge in [0, 0.05) is 18.7 Å². The van der Waals surface area contributed by atoms with Gasteiger partial charge in [0.25, 0.3) is 0 Å². The Morgan fingerprint density at radius 1 is 0.857 bits per heavy atom. The smallest absolute Gasteiger partial charge is 0.316 e. The first-order valence-electron chi connectivity index (χ1n) is 11.9. The summed E-state index contributed by atoms with van der Waals surface area (Å²) in [5, 5.41) is 0. The van der Waals surface area contributed by atoms with E-state index in [1.165, 1.54) is 4.90 Å². The minimum Gasteiger partial charge on any atom is -0.426 e. The van der Waals surface area contributed by atoms with Gasteiger partial charge in [-0.1, -0.05) is 17.7 Å². The molecule has 2 aromatic carbocycles. The number of amides is 3. The number of hydrogen-bond acceptors (Lipinski definition) is 5. The van der Waals surface area contributed by atoms with Crippen LogP contribution in [0.4, 0.5) is 11.4 Å².